The fourth-order valence-electron chi connectivity index (χ4n) is 1.67. The number of benzene rings is 1. The van der Waals surface area contributed by atoms with Gasteiger partial charge in [-0.15, -0.1) is 0 Å². The second kappa shape index (κ2) is 6.70. The molecule has 0 saturated carbocycles. The summed E-state index contributed by atoms with van der Waals surface area (Å²) in [6, 6.07) is 6.52. The van der Waals surface area contributed by atoms with Crippen LogP contribution in [0.25, 0.3) is 0 Å². The Bertz CT molecular complexity index is 434. The van der Waals surface area contributed by atoms with Crippen molar-refractivity contribution in [3.8, 4) is 0 Å². The van der Waals surface area contributed by atoms with Crippen LogP contribution in [-0.2, 0) is 11.3 Å². The van der Waals surface area contributed by atoms with Gasteiger partial charge in [0.05, 0.1) is 11.3 Å². The zero-order chi connectivity index (χ0) is 13.5. The Morgan fingerprint density at radius 3 is 2.67 bits per heavy atom. The number of rotatable bonds is 7. The van der Waals surface area contributed by atoms with Crippen molar-refractivity contribution in [2.24, 2.45) is 0 Å². The summed E-state index contributed by atoms with van der Waals surface area (Å²) in [4.78, 5) is 22.8. The van der Waals surface area contributed by atoms with Gasteiger partial charge in [-0.05, 0) is 6.54 Å². The van der Waals surface area contributed by atoms with E-state index in [0.29, 0.717) is 25.2 Å². The van der Waals surface area contributed by atoms with E-state index in [-0.39, 0.29) is 12.1 Å². The number of carboxylic acid groups (broad SMARTS) is 1. The highest BCUT2D eigenvalue weighted by molar-refractivity contribution is 5.66. The first-order chi connectivity index (χ1) is 8.54. The normalized spacial score (nSPS) is 10.6. The highest BCUT2D eigenvalue weighted by atomic mass is 16.6. The molecule has 0 amide bonds. The van der Waals surface area contributed by atoms with Crippen molar-refractivity contribution in [3.63, 3.8) is 0 Å². The summed E-state index contributed by atoms with van der Waals surface area (Å²) in [6.07, 6.45) is 0.0362. The van der Waals surface area contributed by atoms with E-state index >= 15 is 0 Å². The lowest BCUT2D eigenvalue weighted by atomic mass is 10.1. The molecular weight excluding hydrogens is 236 g/mol. The van der Waals surface area contributed by atoms with Crippen LogP contribution < -0.4 is 0 Å². The number of aliphatic carboxylic acids is 1. The van der Waals surface area contributed by atoms with Crippen molar-refractivity contribution in [1.82, 2.24) is 4.90 Å². The topological polar surface area (TPSA) is 83.7 Å². The third-order valence-corrected chi connectivity index (χ3v) is 2.67. The molecule has 0 fully saturated rings. The number of hydrogen-bond acceptors (Lipinski definition) is 4. The zero-order valence-corrected chi connectivity index (χ0v) is 10.2. The molecular formula is C12H16N2O4. The van der Waals surface area contributed by atoms with Crippen LogP contribution in [0.15, 0.2) is 24.3 Å². The summed E-state index contributed by atoms with van der Waals surface area (Å²) in [7, 11) is 0. The summed E-state index contributed by atoms with van der Waals surface area (Å²) in [5.74, 6) is -0.865. The molecule has 1 N–H and O–H groups in total. The first-order valence-corrected chi connectivity index (χ1v) is 5.71. The Hall–Kier alpha value is -1.95. The highest BCUT2D eigenvalue weighted by Gasteiger charge is 2.15. The van der Waals surface area contributed by atoms with E-state index in [2.05, 4.69) is 0 Å². The molecule has 6 nitrogen and oxygen atoms in total. The van der Waals surface area contributed by atoms with Gasteiger partial charge >= 0.3 is 5.97 Å². The average Bonchev–Trinajstić information content (AvgIpc) is 2.34. The maximum Gasteiger partial charge on any atom is 0.304 e. The van der Waals surface area contributed by atoms with E-state index in [1.54, 1.807) is 18.2 Å². The average molecular weight is 252 g/mol. The molecule has 0 aliphatic carbocycles. The van der Waals surface area contributed by atoms with Gasteiger partial charge in [-0.1, -0.05) is 25.1 Å². The predicted octanol–water partition coefficient (Wildman–Crippen LogP) is 1.89. The molecule has 6 heteroatoms. The molecule has 0 aliphatic rings. The third kappa shape index (κ3) is 4.14. The van der Waals surface area contributed by atoms with Crippen molar-refractivity contribution in [1.29, 1.82) is 0 Å². The Labute approximate surface area is 105 Å². The predicted molar refractivity (Wildman–Crippen MR) is 66.3 cm³/mol. The van der Waals surface area contributed by atoms with E-state index in [4.69, 9.17) is 5.11 Å². The maximum absolute atomic E-state index is 10.9. The van der Waals surface area contributed by atoms with E-state index in [0.717, 1.165) is 0 Å². The molecule has 0 aromatic heterocycles. The van der Waals surface area contributed by atoms with Crippen LogP contribution in [-0.4, -0.2) is 34.0 Å². The summed E-state index contributed by atoms with van der Waals surface area (Å²) in [5, 5.41) is 19.5. The van der Waals surface area contributed by atoms with Gasteiger partial charge in [-0.2, -0.15) is 0 Å². The second-order valence-electron chi connectivity index (χ2n) is 3.90. The summed E-state index contributed by atoms with van der Waals surface area (Å²) in [5.41, 5.74) is 0.681. The first-order valence-electron chi connectivity index (χ1n) is 5.71. The van der Waals surface area contributed by atoms with Gasteiger partial charge in [0.1, 0.15) is 0 Å². The number of carbonyl (C=O) groups is 1. The van der Waals surface area contributed by atoms with Crippen molar-refractivity contribution < 1.29 is 14.8 Å². The quantitative estimate of drug-likeness (QED) is 0.591. The number of hydrogen-bond donors (Lipinski definition) is 1. The van der Waals surface area contributed by atoms with Gasteiger partial charge in [0.15, 0.2) is 0 Å². The minimum Gasteiger partial charge on any atom is -0.481 e. The summed E-state index contributed by atoms with van der Waals surface area (Å²) < 4.78 is 0. The molecule has 18 heavy (non-hydrogen) atoms. The molecule has 0 unspecified atom stereocenters. The number of nitro benzene ring substituents is 1. The molecule has 1 aromatic rings. The van der Waals surface area contributed by atoms with E-state index in [1.165, 1.54) is 6.07 Å². The van der Waals surface area contributed by atoms with Crippen LogP contribution in [0.3, 0.4) is 0 Å². The van der Waals surface area contributed by atoms with Gasteiger partial charge in [0.25, 0.3) is 5.69 Å². The van der Waals surface area contributed by atoms with E-state index in [1.807, 2.05) is 11.8 Å². The Kier molecular flexibility index (Phi) is 5.26. The monoisotopic (exact) mass is 252 g/mol. The molecule has 0 bridgehead atoms. The molecule has 1 rings (SSSR count). The minimum atomic E-state index is -0.865. The van der Waals surface area contributed by atoms with Crippen LogP contribution >= 0.6 is 0 Å². The summed E-state index contributed by atoms with van der Waals surface area (Å²) >= 11 is 0. The van der Waals surface area contributed by atoms with Crippen LogP contribution in [0.4, 0.5) is 5.69 Å². The molecule has 0 spiro atoms. The zero-order valence-electron chi connectivity index (χ0n) is 10.2. The van der Waals surface area contributed by atoms with E-state index < -0.39 is 10.9 Å². The van der Waals surface area contributed by atoms with Gasteiger partial charge in [-0.25, -0.2) is 0 Å². The molecule has 98 valence electrons. The van der Waals surface area contributed by atoms with Crippen molar-refractivity contribution in [3.05, 3.63) is 39.9 Å². The minimum absolute atomic E-state index is 0.0362. The Morgan fingerprint density at radius 1 is 1.44 bits per heavy atom. The van der Waals surface area contributed by atoms with Crippen molar-refractivity contribution in [2.45, 2.75) is 19.9 Å². The van der Waals surface area contributed by atoms with Gasteiger partial charge < -0.3 is 5.11 Å². The number of nitrogens with zero attached hydrogens (tertiary/aromatic N) is 2. The van der Waals surface area contributed by atoms with Crippen molar-refractivity contribution >= 4 is 11.7 Å². The third-order valence-electron chi connectivity index (χ3n) is 2.67. The van der Waals surface area contributed by atoms with Gasteiger partial charge in [0, 0.05) is 24.7 Å². The standard InChI is InChI=1S/C12H16N2O4/c1-2-13(8-7-12(15)16)9-10-5-3-4-6-11(10)14(17)18/h3-6H,2,7-9H2,1H3,(H,15,16). The largest absolute Gasteiger partial charge is 0.481 e. The Morgan fingerprint density at radius 2 is 2.11 bits per heavy atom. The SMILES string of the molecule is CCN(CCC(=O)O)Cc1ccccc1[N+](=O)[O-]. The smallest absolute Gasteiger partial charge is 0.304 e. The number of nitro groups is 1. The molecule has 1 aromatic carbocycles. The molecule has 0 radical (unpaired) electrons. The lowest BCUT2D eigenvalue weighted by Gasteiger charge is -2.19. The van der Waals surface area contributed by atoms with E-state index in [9.17, 15) is 14.9 Å². The fraction of sp³-hybridized carbons (Fsp3) is 0.417. The second-order valence-corrected chi connectivity index (χ2v) is 3.90. The van der Waals surface area contributed by atoms with Gasteiger partial charge in [0.2, 0.25) is 0 Å². The molecule has 0 saturated heterocycles. The van der Waals surface area contributed by atoms with Gasteiger partial charge in [-0.3, -0.25) is 19.8 Å². The van der Waals surface area contributed by atoms with Crippen molar-refractivity contribution in [2.75, 3.05) is 13.1 Å². The lowest BCUT2D eigenvalue weighted by Crippen LogP contribution is -2.26. The van der Waals surface area contributed by atoms with Crippen LogP contribution in [0, 0.1) is 10.1 Å². The molecule has 0 aliphatic heterocycles. The summed E-state index contributed by atoms with van der Waals surface area (Å²) in [6.45, 7) is 3.33. The fourth-order valence-corrected chi connectivity index (χ4v) is 1.67. The van der Waals surface area contributed by atoms with Crippen LogP contribution in [0.2, 0.25) is 0 Å². The lowest BCUT2D eigenvalue weighted by molar-refractivity contribution is -0.385. The Balaban J connectivity index is 2.75. The van der Waals surface area contributed by atoms with Crippen LogP contribution in [0.1, 0.15) is 18.9 Å². The molecule has 0 heterocycles. The highest BCUT2D eigenvalue weighted by Crippen LogP contribution is 2.19. The van der Waals surface area contributed by atoms with Crippen LogP contribution in [0.5, 0.6) is 0 Å². The number of carboxylic acids is 1. The number of para-hydroxylation sites is 1. The first kappa shape index (κ1) is 14.1. The molecule has 0 atom stereocenters. The maximum atomic E-state index is 10.9.